The summed E-state index contributed by atoms with van der Waals surface area (Å²) in [4.78, 5) is 2.59. The van der Waals surface area contributed by atoms with Crippen LogP contribution >= 0.6 is 0 Å². The highest BCUT2D eigenvalue weighted by Gasteiger charge is 2.34. The molecule has 1 aromatic heterocycles. The Bertz CT molecular complexity index is 447. The molecule has 1 N–H and O–H groups in total. The molecule has 0 bridgehead atoms. The Morgan fingerprint density at radius 2 is 2.05 bits per heavy atom. The normalized spacial score (nSPS) is 22.4. The summed E-state index contributed by atoms with van der Waals surface area (Å²) in [6, 6.07) is 0.577. The smallest absolute Gasteiger partial charge is 0.147 e. The molecule has 118 valence electrons. The molecule has 0 radical (unpaired) electrons. The van der Waals surface area contributed by atoms with Gasteiger partial charge in [0.1, 0.15) is 12.2 Å². The van der Waals surface area contributed by atoms with Crippen LogP contribution in [0.15, 0.2) is 6.33 Å². The molecular formula is C16H29N5. The summed E-state index contributed by atoms with van der Waals surface area (Å²) in [6.45, 7) is 10.0. The molecule has 0 amide bonds. The first-order chi connectivity index (χ1) is 10.2. The van der Waals surface area contributed by atoms with Gasteiger partial charge >= 0.3 is 0 Å². The first-order valence-electron chi connectivity index (χ1n) is 8.49. The Morgan fingerprint density at radius 1 is 1.24 bits per heavy atom. The SMILES string of the molecule is CC(C)NCC1(CN2CCn3cnnc3C2)CCCCC1. The van der Waals surface area contributed by atoms with Gasteiger partial charge < -0.3 is 9.88 Å². The van der Waals surface area contributed by atoms with Crippen molar-refractivity contribution in [2.45, 2.75) is 65.1 Å². The lowest BCUT2D eigenvalue weighted by molar-refractivity contribution is 0.0825. The van der Waals surface area contributed by atoms with Crippen molar-refractivity contribution < 1.29 is 0 Å². The fraction of sp³-hybridized carbons (Fsp3) is 0.875. The van der Waals surface area contributed by atoms with Crippen molar-refractivity contribution in [1.29, 1.82) is 0 Å². The fourth-order valence-electron chi connectivity index (χ4n) is 3.84. The van der Waals surface area contributed by atoms with Crippen LogP contribution in [0, 0.1) is 5.41 Å². The highest BCUT2D eigenvalue weighted by molar-refractivity contribution is 4.94. The Balaban J connectivity index is 1.64. The number of fused-ring (bicyclic) bond motifs is 1. The first kappa shape index (κ1) is 15.0. The minimum absolute atomic E-state index is 0.463. The maximum absolute atomic E-state index is 4.25. The van der Waals surface area contributed by atoms with Crippen molar-refractivity contribution >= 4 is 0 Å². The van der Waals surface area contributed by atoms with Gasteiger partial charge in [-0.1, -0.05) is 33.1 Å². The average molecular weight is 291 g/mol. The minimum atomic E-state index is 0.463. The standard InChI is InChI=1S/C16H29N5/c1-14(2)17-11-16(6-4-3-5-7-16)12-20-8-9-21-13-18-19-15(21)10-20/h13-14,17H,3-12H2,1-2H3. The van der Waals surface area contributed by atoms with Gasteiger partial charge in [-0.2, -0.15) is 0 Å². The number of nitrogens with zero attached hydrogens (tertiary/aromatic N) is 4. The van der Waals surface area contributed by atoms with Crippen LogP contribution in [0.5, 0.6) is 0 Å². The topological polar surface area (TPSA) is 46.0 Å². The van der Waals surface area contributed by atoms with Crippen molar-refractivity contribution in [2.75, 3.05) is 19.6 Å². The number of hydrogen-bond donors (Lipinski definition) is 1. The minimum Gasteiger partial charge on any atom is -0.315 e. The van der Waals surface area contributed by atoms with E-state index >= 15 is 0 Å². The van der Waals surface area contributed by atoms with E-state index in [0.717, 1.165) is 32.0 Å². The van der Waals surface area contributed by atoms with Crippen LogP contribution in [0.1, 0.15) is 51.8 Å². The molecule has 0 aromatic carbocycles. The highest BCUT2D eigenvalue weighted by Crippen LogP contribution is 2.37. The zero-order valence-corrected chi connectivity index (χ0v) is 13.5. The third-order valence-electron chi connectivity index (χ3n) is 5.08. The Labute approximate surface area is 128 Å². The summed E-state index contributed by atoms with van der Waals surface area (Å²) in [5.74, 6) is 1.13. The molecule has 0 unspecified atom stereocenters. The predicted octanol–water partition coefficient (Wildman–Crippen LogP) is 2.04. The molecule has 3 rings (SSSR count). The molecule has 5 nitrogen and oxygen atoms in total. The summed E-state index contributed by atoms with van der Waals surface area (Å²) in [5, 5.41) is 12.0. The molecule has 5 heteroatoms. The van der Waals surface area contributed by atoms with Crippen molar-refractivity contribution in [1.82, 2.24) is 25.0 Å². The quantitative estimate of drug-likeness (QED) is 0.902. The summed E-state index contributed by atoms with van der Waals surface area (Å²) in [7, 11) is 0. The van der Waals surface area contributed by atoms with Crippen LogP contribution in [0.2, 0.25) is 0 Å². The maximum atomic E-state index is 4.25. The lowest BCUT2D eigenvalue weighted by Gasteiger charge is -2.42. The molecular weight excluding hydrogens is 262 g/mol. The molecule has 0 saturated heterocycles. The van der Waals surface area contributed by atoms with E-state index in [9.17, 15) is 0 Å². The van der Waals surface area contributed by atoms with Gasteiger partial charge in [0, 0.05) is 32.2 Å². The van der Waals surface area contributed by atoms with Crippen LogP contribution < -0.4 is 5.32 Å². The third kappa shape index (κ3) is 3.64. The second-order valence-electron chi connectivity index (χ2n) is 7.25. The van der Waals surface area contributed by atoms with E-state index in [-0.39, 0.29) is 0 Å². The van der Waals surface area contributed by atoms with E-state index < -0.39 is 0 Å². The van der Waals surface area contributed by atoms with Crippen LogP contribution in [0.4, 0.5) is 0 Å². The monoisotopic (exact) mass is 291 g/mol. The molecule has 0 spiro atoms. The third-order valence-corrected chi connectivity index (χ3v) is 5.08. The number of nitrogens with one attached hydrogen (secondary N) is 1. The fourth-order valence-corrected chi connectivity index (χ4v) is 3.84. The Kier molecular flexibility index (Phi) is 4.60. The molecule has 1 aliphatic heterocycles. The molecule has 1 saturated carbocycles. The Hall–Kier alpha value is -0.940. The lowest BCUT2D eigenvalue weighted by atomic mass is 9.73. The van der Waals surface area contributed by atoms with E-state index in [0.29, 0.717) is 11.5 Å². The summed E-state index contributed by atoms with van der Waals surface area (Å²) < 4.78 is 2.19. The van der Waals surface area contributed by atoms with Crippen LogP contribution in [0.25, 0.3) is 0 Å². The lowest BCUT2D eigenvalue weighted by Crippen LogP contribution is -2.48. The van der Waals surface area contributed by atoms with E-state index in [2.05, 4.69) is 38.8 Å². The van der Waals surface area contributed by atoms with Crippen molar-refractivity contribution in [2.24, 2.45) is 5.41 Å². The average Bonchev–Trinajstić information content (AvgIpc) is 2.94. The van der Waals surface area contributed by atoms with Gasteiger partial charge in [-0.05, 0) is 18.3 Å². The summed E-state index contributed by atoms with van der Waals surface area (Å²) in [5.41, 5.74) is 0.463. The number of aromatic nitrogens is 3. The number of rotatable bonds is 5. The maximum Gasteiger partial charge on any atom is 0.147 e. The zero-order chi connectivity index (χ0) is 14.7. The van der Waals surface area contributed by atoms with Crippen molar-refractivity contribution in [3.63, 3.8) is 0 Å². The van der Waals surface area contributed by atoms with Crippen LogP contribution in [0.3, 0.4) is 0 Å². The van der Waals surface area contributed by atoms with Gasteiger partial charge in [0.25, 0.3) is 0 Å². The van der Waals surface area contributed by atoms with Gasteiger partial charge in [0.05, 0.1) is 6.54 Å². The van der Waals surface area contributed by atoms with Gasteiger partial charge in [-0.3, -0.25) is 4.90 Å². The second kappa shape index (κ2) is 6.44. The highest BCUT2D eigenvalue weighted by atomic mass is 15.3. The van der Waals surface area contributed by atoms with Gasteiger partial charge in [0.15, 0.2) is 0 Å². The molecule has 1 aromatic rings. The van der Waals surface area contributed by atoms with E-state index in [1.807, 2.05) is 6.33 Å². The molecule has 2 heterocycles. The molecule has 0 atom stereocenters. The molecule has 21 heavy (non-hydrogen) atoms. The molecule has 1 fully saturated rings. The molecule has 2 aliphatic rings. The predicted molar refractivity (Wildman–Crippen MR) is 84.0 cm³/mol. The van der Waals surface area contributed by atoms with E-state index in [1.165, 1.54) is 38.6 Å². The van der Waals surface area contributed by atoms with Crippen LogP contribution in [-0.2, 0) is 13.1 Å². The summed E-state index contributed by atoms with van der Waals surface area (Å²) >= 11 is 0. The largest absolute Gasteiger partial charge is 0.315 e. The number of hydrogen-bond acceptors (Lipinski definition) is 4. The van der Waals surface area contributed by atoms with E-state index in [1.54, 1.807) is 0 Å². The van der Waals surface area contributed by atoms with Crippen LogP contribution in [-0.4, -0.2) is 45.3 Å². The first-order valence-corrected chi connectivity index (χ1v) is 8.49. The Morgan fingerprint density at radius 3 is 2.81 bits per heavy atom. The van der Waals surface area contributed by atoms with Crippen molar-refractivity contribution in [3.05, 3.63) is 12.2 Å². The zero-order valence-electron chi connectivity index (χ0n) is 13.5. The van der Waals surface area contributed by atoms with E-state index in [4.69, 9.17) is 0 Å². The second-order valence-corrected chi connectivity index (χ2v) is 7.25. The molecule has 1 aliphatic carbocycles. The van der Waals surface area contributed by atoms with Gasteiger partial charge in [-0.25, -0.2) is 0 Å². The summed E-state index contributed by atoms with van der Waals surface area (Å²) in [6.07, 6.45) is 8.81. The van der Waals surface area contributed by atoms with Crippen molar-refractivity contribution in [3.8, 4) is 0 Å². The van der Waals surface area contributed by atoms with Gasteiger partial charge in [0.2, 0.25) is 0 Å². The van der Waals surface area contributed by atoms with Gasteiger partial charge in [-0.15, -0.1) is 10.2 Å².